The zero-order valence-electron chi connectivity index (χ0n) is 23.1. The van der Waals surface area contributed by atoms with Crippen molar-refractivity contribution in [1.29, 1.82) is 0 Å². The van der Waals surface area contributed by atoms with E-state index in [0.29, 0.717) is 21.5 Å². The van der Waals surface area contributed by atoms with Crippen molar-refractivity contribution in [3.63, 3.8) is 0 Å². The number of thioether (sulfide) groups is 1. The van der Waals surface area contributed by atoms with E-state index in [9.17, 15) is 9.59 Å². The number of benzene rings is 3. The minimum Gasteiger partial charge on any atom is -0.364 e. The van der Waals surface area contributed by atoms with Crippen LogP contribution < -0.4 is 11.1 Å². The van der Waals surface area contributed by atoms with E-state index in [1.807, 2.05) is 72.1 Å². The van der Waals surface area contributed by atoms with Gasteiger partial charge < -0.3 is 16.0 Å². The van der Waals surface area contributed by atoms with Gasteiger partial charge in [0.15, 0.2) is 4.34 Å². The molecule has 6 rings (SSSR count). The van der Waals surface area contributed by atoms with Gasteiger partial charge in [0.25, 0.3) is 5.91 Å². The normalized spacial score (nSPS) is 14.3. The summed E-state index contributed by atoms with van der Waals surface area (Å²) in [7, 11) is 0. The predicted octanol–water partition coefficient (Wildman–Crippen LogP) is 7.24. The molecule has 0 saturated carbocycles. The lowest BCUT2D eigenvalue weighted by Gasteiger charge is -2.32. The number of halogens is 2. The summed E-state index contributed by atoms with van der Waals surface area (Å²) in [6, 6.07) is 21.6. The summed E-state index contributed by atoms with van der Waals surface area (Å²) in [6.45, 7) is 2.64. The Kier molecular flexibility index (Phi) is 9.06. The Morgan fingerprint density at radius 3 is 2.60 bits per heavy atom. The lowest BCUT2D eigenvalue weighted by Crippen LogP contribution is -2.44. The molecule has 43 heavy (non-hydrogen) atoms. The molecule has 1 aliphatic heterocycles. The highest BCUT2D eigenvalue weighted by Crippen LogP contribution is 2.35. The third-order valence-corrected chi connectivity index (χ3v) is 10.3. The third-order valence-electron chi connectivity index (χ3n) is 7.55. The molecule has 220 valence electrons. The molecule has 0 bridgehead atoms. The molecule has 4 N–H and O–H groups in total. The number of hydrogen-bond acceptors (Lipinski definition) is 6. The van der Waals surface area contributed by atoms with Crippen LogP contribution in [-0.2, 0) is 11.3 Å². The van der Waals surface area contributed by atoms with Gasteiger partial charge in [-0.25, -0.2) is 4.98 Å². The van der Waals surface area contributed by atoms with Crippen LogP contribution in [-0.4, -0.2) is 51.6 Å². The van der Waals surface area contributed by atoms with Gasteiger partial charge in [0, 0.05) is 53.1 Å². The zero-order valence-corrected chi connectivity index (χ0v) is 26.3. The maximum Gasteiger partial charge on any atom is 0.265 e. The van der Waals surface area contributed by atoms with Gasteiger partial charge in [0.2, 0.25) is 5.91 Å². The number of aromatic amines is 1. The van der Waals surface area contributed by atoms with Crippen molar-refractivity contribution in [2.24, 2.45) is 5.73 Å². The van der Waals surface area contributed by atoms with Crippen molar-refractivity contribution in [3.8, 4) is 22.4 Å². The van der Waals surface area contributed by atoms with Crippen LogP contribution in [0, 0.1) is 0 Å². The highest BCUT2D eigenvalue weighted by molar-refractivity contribution is 8.01. The van der Waals surface area contributed by atoms with E-state index in [0.717, 1.165) is 75.7 Å². The van der Waals surface area contributed by atoms with Crippen LogP contribution in [0.2, 0.25) is 10.0 Å². The Hall–Kier alpha value is -3.34. The molecule has 0 radical (unpaired) electrons. The minimum atomic E-state index is -0.504. The summed E-state index contributed by atoms with van der Waals surface area (Å²) < 4.78 is 0.830. The summed E-state index contributed by atoms with van der Waals surface area (Å²) in [6.07, 6.45) is 1.81. The molecule has 0 atom stereocenters. The SMILES string of the molecule is NC(=O)c1[nH]c2ccccc2c1-c1cccc(-c2csc(SCC(=O)NC3CCN(Cc4ccc(Cl)c(Cl)c4)CC3)n2)c1. The molecule has 0 aliphatic carbocycles. The smallest absolute Gasteiger partial charge is 0.265 e. The Morgan fingerprint density at radius 1 is 1.02 bits per heavy atom. The van der Waals surface area contributed by atoms with Crippen LogP contribution >= 0.6 is 46.3 Å². The molecule has 2 aromatic heterocycles. The number of amides is 2. The topological polar surface area (TPSA) is 104 Å². The largest absolute Gasteiger partial charge is 0.364 e. The molecule has 5 aromatic rings. The molecule has 3 aromatic carbocycles. The van der Waals surface area contributed by atoms with Crippen LogP contribution in [0.3, 0.4) is 0 Å². The number of nitrogens with one attached hydrogen (secondary N) is 2. The molecule has 2 amide bonds. The van der Waals surface area contributed by atoms with Gasteiger partial charge in [0.05, 0.1) is 21.5 Å². The standard InChI is InChI=1S/C32H29Cl2N5O2S2/c33-24-9-8-19(14-25(24)34)16-39-12-10-22(11-13-39)36-28(40)18-43-32-38-27(17-42-32)20-4-3-5-21(15-20)29-23-6-1-2-7-26(23)37-30(29)31(35)41/h1-9,14-15,17,22,37H,10-13,16,18H2,(H2,35,41)(H,36,40). The Bertz CT molecular complexity index is 1800. The first-order valence-corrected chi connectivity index (χ1v) is 16.5. The number of hydrogen-bond donors (Lipinski definition) is 3. The number of aromatic nitrogens is 2. The van der Waals surface area contributed by atoms with Crippen molar-refractivity contribution in [2.75, 3.05) is 18.8 Å². The minimum absolute atomic E-state index is 0.0185. The Labute approximate surface area is 267 Å². The molecule has 11 heteroatoms. The molecule has 7 nitrogen and oxygen atoms in total. The Balaban J connectivity index is 1.03. The van der Waals surface area contributed by atoms with Crippen molar-refractivity contribution < 1.29 is 9.59 Å². The lowest BCUT2D eigenvalue weighted by molar-refractivity contribution is -0.119. The monoisotopic (exact) mass is 649 g/mol. The van der Waals surface area contributed by atoms with Gasteiger partial charge in [-0.3, -0.25) is 14.5 Å². The summed E-state index contributed by atoms with van der Waals surface area (Å²) in [4.78, 5) is 35.3. The van der Waals surface area contributed by atoms with Crippen LogP contribution in [0.15, 0.2) is 76.4 Å². The van der Waals surface area contributed by atoms with E-state index >= 15 is 0 Å². The molecular formula is C32H29Cl2N5O2S2. The van der Waals surface area contributed by atoms with Crippen LogP contribution in [0.5, 0.6) is 0 Å². The number of primary amides is 1. The maximum absolute atomic E-state index is 12.7. The van der Waals surface area contributed by atoms with Gasteiger partial charge in [-0.2, -0.15) is 0 Å². The van der Waals surface area contributed by atoms with E-state index in [1.54, 1.807) is 0 Å². The van der Waals surface area contributed by atoms with Crippen LogP contribution in [0.1, 0.15) is 28.9 Å². The quantitative estimate of drug-likeness (QED) is 0.146. The van der Waals surface area contributed by atoms with E-state index in [1.165, 1.54) is 23.1 Å². The number of H-pyrrole nitrogens is 1. The first-order valence-electron chi connectivity index (χ1n) is 13.9. The van der Waals surface area contributed by atoms with Crippen LogP contribution in [0.4, 0.5) is 0 Å². The number of rotatable bonds is 9. The molecule has 1 fully saturated rings. The summed E-state index contributed by atoms with van der Waals surface area (Å²) in [5.41, 5.74) is 11.5. The highest BCUT2D eigenvalue weighted by Gasteiger charge is 2.22. The van der Waals surface area contributed by atoms with Crippen molar-refractivity contribution >= 4 is 69.0 Å². The summed E-state index contributed by atoms with van der Waals surface area (Å²) in [5, 5.41) is 7.26. The fourth-order valence-electron chi connectivity index (χ4n) is 5.45. The number of thiazole rings is 1. The first kappa shape index (κ1) is 29.7. The molecule has 3 heterocycles. The van der Waals surface area contributed by atoms with Gasteiger partial charge in [-0.05, 0) is 48.2 Å². The molecular weight excluding hydrogens is 621 g/mol. The second-order valence-electron chi connectivity index (χ2n) is 10.5. The maximum atomic E-state index is 12.7. The van der Waals surface area contributed by atoms with E-state index in [4.69, 9.17) is 33.9 Å². The average Bonchev–Trinajstić information content (AvgIpc) is 3.65. The van der Waals surface area contributed by atoms with Gasteiger partial charge in [-0.1, -0.05) is 77.4 Å². The molecule has 1 saturated heterocycles. The van der Waals surface area contributed by atoms with E-state index in [-0.39, 0.29) is 11.9 Å². The molecule has 0 unspecified atom stereocenters. The number of likely N-dealkylation sites (tertiary alicyclic amines) is 1. The molecule has 0 spiro atoms. The lowest BCUT2D eigenvalue weighted by atomic mass is 9.99. The number of para-hydroxylation sites is 1. The second-order valence-corrected chi connectivity index (χ2v) is 13.4. The zero-order chi connectivity index (χ0) is 29.9. The number of piperidine rings is 1. The van der Waals surface area contributed by atoms with E-state index in [2.05, 4.69) is 15.2 Å². The number of nitrogens with two attached hydrogens (primary N) is 1. The first-order chi connectivity index (χ1) is 20.8. The van der Waals surface area contributed by atoms with Gasteiger partial charge in [0.1, 0.15) is 5.69 Å². The number of fused-ring (bicyclic) bond motifs is 1. The second kappa shape index (κ2) is 13.1. The number of nitrogens with zero attached hydrogens (tertiary/aromatic N) is 2. The van der Waals surface area contributed by atoms with E-state index < -0.39 is 5.91 Å². The van der Waals surface area contributed by atoms with Gasteiger partial charge >= 0.3 is 0 Å². The number of carbonyl (C=O) groups is 2. The summed E-state index contributed by atoms with van der Waals surface area (Å²) >= 11 is 15.1. The summed E-state index contributed by atoms with van der Waals surface area (Å²) in [5.74, 6) is -0.172. The van der Waals surface area contributed by atoms with Crippen LogP contribution in [0.25, 0.3) is 33.3 Å². The predicted molar refractivity (Wildman–Crippen MR) is 177 cm³/mol. The van der Waals surface area contributed by atoms with Crippen molar-refractivity contribution in [3.05, 3.63) is 93.4 Å². The fraction of sp³-hybridized carbons (Fsp3) is 0.219. The van der Waals surface area contributed by atoms with Crippen molar-refractivity contribution in [2.45, 2.75) is 29.8 Å². The Morgan fingerprint density at radius 2 is 1.81 bits per heavy atom. The fourth-order valence-corrected chi connectivity index (χ4v) is 7.41. The average molecular weight is 651 g/mol. The number of carbonyl (C=O) groups excluding carboxylic acids is 2. The van der Waals surface area contributed by atoms with Gasteiger partial charge in [-0.15, -0.1) is 11.3 Å². The third kappa shape index (κ3) is 6.92. The highest BCUT2D eigenvalue weighted by atomic mass is 35.5. The molecule has 1 aliphatic rings. The van der Waals surface area contributed by atoms with Crippen molar-refractivity contribution in [1.82, 2.24) is 20.2 Å².